The number of carboxylic acids is 4. The van der Waals surface area contributed by atoms with Gasteiger partial charge in [0.1, 0.15) is 0 Å². The third kappa shape index (κ3) is 2.28. The number of fused-ring (bicyclic) bond motifs is 3. The predicted octanol–water partition coefficient (Wildman–Crippen LogP) is 1.15. The molecule has 0 spiro atoms. The monoisotopic (exact) mass is 362 g/mol. The van der Waals surface area contributed by atoms with Crippen LogP contribution in [0.1, 0.15) is 18.4 Å². The second-order valence-corrected chi connectivity index (χ2v) is 6.97. The van der Waals surface area contributed by atoms with Gasteiger partial charge in [-0.15, -0.1) is 0 Å². The Labute approximate surface area is 148 Å². The molecule has 0 aromatic heterocycles. The number of hydrogen-bond acceptors (Lipinski definition) is 4. The van der Waals surface area contributed by atoms with Gasteiger partial charge in [-0.1, -0.05) is 30.3 Å². The Bertz CT molecular complexity index is 731. The van der Waals surface area contributed by atoms with Crippen molar-refractivity contribution >= 4 is 23.9 Å². The molecule has 0 heterocycles. The minimum absolute atomic E-state index is 0.114. The van der Waals surface area contributed by atoms with Crippen molar-refractivity contribution in [3.63, 3.8) is 0 Å². The predicted molar refractivity (Wildman–Crippen MR) is 85.3 cm³/mol. The summed E-state index contributed by atoms with van der Waals surface area (Å²) in [5.74, 6) is -12.6. The summed E-state index contributed by atoms with van der Waals surface area (Å²) in [6, 6.07) is 7.98. The van der Waals surface area contributed by atoms with Crippen molar-refractivity contribution < 1.29 is 39.6 Å². The summed E-state index contributed by atoms with van der Waals surface area (Å²) in [6.45, 7) is 0. The average Bonchev–Trinajstić information content (AvgIpc) is 2.60. The van der Waals surface area contributed by atoms with Crippen molar-refractivity contribution in [3.05, 3.63) is 35.9 Å². The third-order valence-electron chi connectivity index (χ3n) is 6.06. The van der Waals surface area contributed by atoms with Gasteiger partial charge in [0.05, 0.1) is 23.7 Å². The lowest BCUT2D eigenvalue weighted by molar-refractivity contribution is -0.195. The van der Waals surface area contributed by atoms with E-state index < -0.39 is 58.9 Å². The highest BCUT2D eigenvalue weighted by molar-refractivity contribution is 5.89. The number of rotatable bonds is 5. The fourth-order valence-corrected chi connectivity index (χ4v) is 5.28. The van der Waals surface area contributed by atoms with E-state index in [0.717, 1.165) is 0 Å². The zero-order valence-electron chi connectivity index (χ0n) is 13.6. The molecular weight excluding hydrogens is 344 g/mol. The van der Waals surface area contributed by atoms with E-state index in [4.69, 9.17) is 0 Å². The van der Waals surface area contributed by atoms with E-state index in [-0.39, 0.29) is 12.8 Å². The molecule has 4 N–H and O–H groups in total. The van der Waals surface area contributed by atoms with Crippen molar-refractivity contribution in [1.29, 1.82) is 0 Å². The fourth-order valence-electron chi connectivity index (χ4n) is 5.28. The standard InChI is InChI=1S/C18H18O8/c19-14(20)10-9-6-7-18(12(10)16(23)24,8-4-2-1-3-5-8)13(17(25)26)11(9)15(21)22/h1-5,9-13H,6-7H2,(H,19,20)(H,21,22)(H,23,24)(H,25,26)/t9?,10-,11+,12-,13-,18?/m0/s1. The molecule has 3 fully saturated rings. The van der Waals surface area contributed by atoms with Gasteiger partial charge in [0.2, 0.25) is 0 Å². The SMILES string of the molecule is O=C(O)[C@@H]1C2CCC(c3ccccc3)([C@@H]1C(=O)O)[C@H](C(=O)O)[C@H]2C(=O)O. The van der Waals surface area contributed by atoms with E-state index in [2.05, 4.69) is 0 Å². The minimum Gasteiger partial charge on any atom is -0.481 e. The Morgan fingerprint density at radius 3 is 1.62 bits per heavy atom. The molecule has 26 heavy (non-hydrogen) atoms. The van der Waals surface area contributed by atoms with Gasteiger partial charge in [-0.05, 0) is 24.3 Å². The quantitative estimate of drug-likeness (QED) is 0.609. The van der Waals surface area contributed by atoms with Crippen LogP contribution in [0.2, 0.25) is 0 Å². The van der Waals surface area contributed by atoms with Crippen LogP contribution in [0.15, 0.2) is 30.3 Å². The zero-order chi connectivity index (χ0) is 19.2. The largest absolute Gasteiger partial charge is 0.481 e. The number of aliphatic carboxylic acids is 4. The van der Waals surface area contributed by atoms with E-state index in [0.29, 0.717) is 5.56 Å². The van der Waals surface area contributed by atoms with E-state index >= 15 is 0 Å². The van der Waals surface area contributed by atoms with Crippen LogP contribution in [0.25, 0.3) is 0 Å². The smallest absolute Gasteiger partial charge is 0.308 e. The molecule has 3 aliphatic carbocycles. The van der Waals surface area contributed by atoms with Gasteiger partial charge < -0.3 is 20.4 Å². The molecule has 3 saturated carbocycles. The van der Waals surface area contributed by atoms with Crippen LogP contribution in [-0.2, 0) is 24.6 Å². The Hall–Kier alpha value is -2.90. The molecule has 0 radical (unpaired) electrons. The van der Waals surface area contributed by atoms with Crippen molar-refractivity contribution in [2.24, 2.45) is 29.6 Å². The van der Waals surface area contributed by atoms with Crippen LogP contribution in [0, 0.1) is 29.6 Å². The molecule has 8 heteroatoms. The molecule has 0 aliphatic heterocycles. The highest BCUT2D eigenvalue weighted by Crippen LogP contribution is 2.63. The Kier molecular flexibility index (Phi) is 4.21. The summed E-state index contributed by atoms with van der Waals surface area (Å²) < 4.78 is 0. The molecule has 0 amide bonds. The van der Waals surface area contributed by atoms with Gasteiger partial charge in [-0.3, -0.25) is 19.2 Å². The van der Waals surface area contributed by atoms with E-state index in [1.807, 2.05) is 0 Å². The summed E-state index contributed by atoms with van der Waals surface area (Å²) >= 11 is 0. The van der Waals surface area contributed by atoms with Crippen LogP contribution in [0.3, 0.4) is 0 Å². The van der Waals surface area contributed by atoms with Crippen LogP contribution >= 0.6 is 0 Å². The van der Waals surface area contributed by atoms with Crippen LogP contribution in [-0.4, -0.2) is 44.3 Å². The van der Waals surface area contributed by atoms with E-state index in [9.17, 15) is 39.6 Å². The second-order valence-electron chi connectivity index (χ2n) is 6.97. The molecule has 2 unspecified atom stereocenters. The van der Waals surface area contributed by atoms with E-state index in [1.165, 1.54) is 0 Å². The van der Waals surface area contributed by atoms with Crippen LogP contribution < -0.4 is 0 Å². The Balaban J connectivity index is 2.34. The maximum atomic E-state index is 12.1. The van der Waals surface area contributed by atoms with Crippen LogP contribution in [0.5, 0.6) is 0 Å². The molecule has 1 aromatic carbocycles. The maximum absolute atomic E-state index is 12.1. The molecular formula is C18H18O8. The molecule has 4 rings (SSSR count). The Morgan fingerprint density at radius 2 is 1.23 bits per heavy atom. The normalized spacial score (nSPS) is 35.6. The highest BCUT2D eigenvalue weighted by atomic mass is 16.4. The first-order valence-corrected chi connectivity index (χ1v) is 8.20. The van der Waals surface area contributed by atoms with Gasteiger partial charge in [0, 0.05) is 5.41 Å². The number of hydrogen-bond donors (Lipinski definition) is 4. The molecule has 6 atom stereocenters. The first kappa shape index (κ1) is 17.9. The molecule has 0 saturated heterocycles. The molecule has 1 aromatic rings. The molecule has 138 valence electrons. The summed E-state index contributed by atoms with van der Waals surface area (Å²) in [6.07, 6.45) is 0.263. The van der Waals surface area contributed by atoms with Crippen molar-refractivity contribution in [2.45, 2.75) is 18.3 Å². The second kappa shape index (κ2) is 6.12. The molecule has 8 nitrogen and oxygen atoms in total. The number of carbonyl (C=O) groups is 4. The summed E-state index contributed by atoms with van der Waals surface area (Å²) in [5.41, 5.74) is -1.24. The average molecular weight is 362 g/mol. The lowest BCUT2D eigenvalue weighted by atomic mass is 9.41. The minimum atomic E-state index is -1.60. The lowest BCUT2D eigenvalue weighted by Crippen LogP contribution is -2.67. The highest BCUT2D eigenvalue weighted by Gasteiger charge is 2.70. The van der Waals surface area contributed by atoms with Gasteiger partial charge in [-0.25, -0.2) is 0 Å². The van der Waals surface area contributed by atoms with Gasteiger partial charge in [0.25, 0.3) is 0 Å². The number of benzene rings is 1. The third-order valence-corrected chi connectivity index (χ3v) is 6.06. The summed E-state index contributed by atoms with van der Waals surface area (Å²) in [7, 11) is 0. The summed E-state index contributed by atoms with van der Waals surface area (Å²) in [5, 5.41) is 39.0. The molecule has 3 aliphatic rings. The van der Waals surface area contributed by atoms with Crippen molar-refractivity contribution in [1.82, 2.24) is 0 Å². The Morgan fingerprint density at radius 1 is 0.769 bits per heavy atom. The van der Waals surface area contributed by atoms with Crippen LogP contribution in [0.4, 0.5) is 0 Å². The first-order chi connectivity index (χ1) is 12.2. The topological polar surface area (TPSA) is 149 Å². The zero-order valence-corrected chi connectivity index (χ0v) is 13.6. The van der Waals surface area contributed by atoms with Gasteiger partial charge in [0.15, 0.2) is 0 Å². The van der Waals surface area contributed by atoms with E-state index in [1.54, 1.807) is 30.3 Å². The summed E-state index contributed by atoms with van der Waals surface area (Å²) in [4.78, 5) is 47.9. The maximum Gasteiger partial charge on any atom is 0.308 e. The first-order valence-electron chi connectivity index (χ1n) is 8.20. The van der Waals surface area contributed by atoms with Gasteiger partial charge >= 0.3 is 23.9 Å². The fraction of sp³-hybridized carbons (Fsp3) is 0.444. The number of carboxylic acid groups (broad SMARTS) is 4. The van der Waals surface area contributed by atoms with Crippen molar-refractivity contribution in [3.8, 4) is 0 Å². The van der Waals surface area contributed by atoms with Gasteiger partial charge in [-0.2, -0.15) is 0 Å². The lowest BCUT2D eigenvalue weighted by Gasteiger charge is -2.59. The molecule has 2 bridgehead atoms. The van der Waals surface area contributed by atoms with Crippen molar-refractivity contribution in [2.75, 3.05) is 0 Å².